The van der Waals surface area contributed by atoms with Crippen molar-refractivity contribution in [3.63, 3.8) is 0 Å². The van der Waals surface area contributed by atoms with Crippen molar-refractivity contribution in [2.75, 3.05) is 18.4 Å². The number of aryl methyl sites for hydroxylation is 3. The van der Waals surface area contributed by atoms with Crippen LogP contribution in [0.1, 0.15) is 29.5 Å². The Morgan fingerprint density at radius 3 is 2.61 bits per heavy atom. The third kappa shape index (κ3) is 7.13. The number of benzene rings is 2. The van der Waals surface area contributed by atoms with Crippen LogP contribution in [0.4, 0.5) is 5.69 Å². The van der Waals surface area contributed by atoms with Crippen LogP contribution in [0.25, 0.3) is 0 Å². The molecule has 2 aromatic rings. The van der Waals surface area contributed by atoms with Crippen LogP contribution in [-0.2, 0) is 20.8 Å². The second kappa shape index (κ2) is 11.6. The summed E-state index contributed by atoms with van der Waals surface area (Å²) in [6.45, 7) is 4.04. The number of hydrogen-bond donors (Lipinski definition) is 5. The summed E-state index contributed by atoms with van der Waals surface area (Å²) in [6, 6.07) is 13.6. The summed E-state index contributed by atoms with van der Waals surface area (Å²) < 4.78 is 8.15. The minimum Gasteiger partial charge on any atom is -0.351 e. The number of amides is 3. The smallest absolute Gasteiger partial charge is 0.246 e. The predicted molar refractivity (Wildman–Crippen MR) is 129 cm³/mol. The molecule has 3 amide bonds. The SMILES string of the molecule is [2H]N1C[C@H](NC(=O)CN)C[C@H]1C(=O)N[C@@H](CCc1ccccc1)C(=O)Nc1ccc(C)c(C)c1. The molecule has 0 aliphatic carbocycles. The summed E-state index contributed by atoms with van der Waals surface area (Å²) in [7, 11) is 0. The molecule has 8 nitrogen and oxygen atoms in total. The highest BCUT2D eigenvalue weighted by Gasteiger charge is 2.32. The van der Waals surface area contributed by atoms with Crippen molar-refractivity contribution in [2.24, 2.45) is 5.73 Å². The van der Waals surface area contributed by atoms with Crippen LogP contribution >= 0.6 is 0 Å². The monoisotopic (exact) mass is 452 g/mol. The molecule has 2 aromatic carbocycles. The van der Waals surface area contributed by atoms with Crippen LogP contribution in [0.5, 0.6) is 0 Å². The van der Waals surface area contributed by atoms with Gasteiger partial charge in [0.1, 0.15) is 7.45 Å². The minimum atomic E-state index is -0.777. The average molecular weight is 453 g/mol. The molecule has 1 saturated heterocycles. The van der Waals surface area contributed by atoms with Crippen molar-refractivity contribution in [3.05, 3.63) is 65.2 Å². The van der Waals surface area contributed by atoms with Gasteiger partial charge < -0.3 is 27.0 Å². The van der Waals surface area contributed by atoms with Crippen LogP contribution in [0, 0.1) is 13.8 Å². The van der Waals surface area contributed by atoms with Crippen molar-refractivity contribution in [3.8, 4) is 0 Å². The molecule has 0 saturated carbocycles. The summed E-state index contributed by atoms with van der Waals surface area (Å²) in [5.41, 5.74) is 9.26. The Morgan fingerprint density at radius 2 is 1.91 bits per heavy atom. The second-order valence-corrected chi connectivity index (χ2v) is 8.46. The maximum atomic E-state index is 13.2. The van der Waals surface area contributed by atoms with E-state index in [9.17, 15) is 14.4 Å². The van der Waals surface area contributed by atoms with E-state index in [4.69, 9.17) is 7.15 Å². The zero-order valence-corrected chi connectivity index (χ0v) is 19.1. The number of nitrogens with one attached hydrogen (secondary N) is 4. The first kappa shape index (κ1) is 22.9. The molecule has 3 atom stereocenters. The van der Waals surface area contributed by atoms with Gasteiger partial charge in [0.05, 0.1) is 12.6 Å². The minimum absolute atomic E-state index is 0.147. The van der Waals surface area contributed by atoms with E-state index in [0.717, 1.165) is 22.0 Å². The molecule has 33 heavy (non-hydrogen) atoms. The van der Waals surface area contributed by atoms with Gasteiger partial charge >= 0.3 is 0 Å². The number of nitrogens with two attached hydrogens (primary N) is 1. The van der Waals surface area contributed by atoms with Gasteiger partial charge in [0.2, 0.25) is 17.7 Å². The Kier molecular flexibility index (Phi) is 8.05. The number of anilines is 1. The summed E-state index contributed by atoms with van der Waals surface area (Å²) in [6.07, 6.45) is 1.30. The Labute approximate surface area is 196 Å². The highest BCUT2D eigenvalue weighted by atomic mass is 16.2. The molecule has 0 radical (unpaired) electrons. The van der Waals surface area contributed by atoms with E-state index < -0.39 is 18.0 Å². The third-order valence-electron chi connectivity index (χ3n) is 5.88. The van der Waals surface area contributed by atoms with E-state index in [-0.39, 0.29) is 37.4 Å². The quantitative estimate of drug-likeness (QED) is 0.391. The predicted octanol–water partition coefficient (Wildman–Crippen LogP) is 1.16. The van der Waals surface area contributed by atoms with Crippen molar-refractivity contribution in [1.29, 1.82) is 0 Å². The van der Waals surface area contributed by atoms with Crippen molar-refractivity contribution in [2.45, 2.75) is 51.2 Å². The van der Waals surface area contributed by atoms with Crippen molar-refractivity contribution in [1.82, 2.24) is 15.9 Å². The first-order valence-corrected chi connectivity index (χ1v) is 11.2. The Balaban J connectivity index is 1.69. The summed E-state index contributed by atoms with van der Waals surface area (Å²) in [4.78, 5) is 37.8. The molecule has 1 aliphatic rings. The zero-order chi connectivity index (χ0) is 24.7. The molecule has 0 aromatic heterocycles. The lowest BCUT2D eigenvalue weighted by Gasteiger charge is -2.21. The van der Waals surface area contributed by atoms with Gasteiger partial charge in [-0.05, 0) is 61.9 Å². The van der Waals surface area contributed by atoms with Crippen LogP contribution < -0.4 is 27.0 Å². The van der Waals surface area contributed by atoms with Crippen LogP contribution in [-0.4, -0.2) is 48.9 Å². The summed E-state index contributed by atoms with van der Waals surface area (Å²) >= 11 is 0. The van der Waals surface area contributed by atoms with E-state index in [1.54, 1.807) is 0 Å². The molecule has 176 valence electrons. The maximum Gasteiger partial charge on any atom is 0.246 e. The molecule has 1 fully saturated rings. The first-order valence-electron chi connectivity index (χ1n) is 11.7. The highest BCUT2D eigenvalue weighted by molar-refractivity contribution is 5.98. The lowest BCUT2D eigenvalue weighted by Crippen LogP contribution is -2.50. The van der Waals surface area contributed by atoms with Gasteiger partial charge in [0.15, 0.2) is 0 Å². The highest BCUT2D eigenvalue weighted by Crippen LogP contribution is 2.16. The van der Waals surface area contributed by atoms with Gasteiger partial charge in [0, 0.05) is 18.3 Å². The molecular formula is C25H33N5O3. The topological polar surface area (TPSA) is 125 Å². The maximum absolute atomic E-state index is 13.2. The Hall–Kier alpha value is -3.23. The average Bonchev–Trinajstić information content (AvgIpc) is 3.19. The standard InChI is InChI=1S/C25H33N5O3/c1-16-8-10-19(12-17(16)2)29-24(32)21(11-9-18-6-4-3-5-7-18)30-25(33)22-13-20(15-27-22)28-23(31)14-26/h3-8,10,12,20-22,27H,9,11,13-15,26H2,1-2H3,(H,28,31)(H,29,32)(H,30,33)/t20-,21+,22+/m1/s1/i/hD. The van der Waals surface area contributed by atoms with Gasteiger partial charge in [-0.25, -0.2) is 0 Å². The molecule has 1 aliphatic heterocycles. The third-order valence-corrected chi connectivity index (χ3v) is 5.88. The van der Waals surface area contributed by atoms with Crippen LogP contribution in [0.2, 0.25) is 1.41 Å². The zero-order valence-electron chi connectivity index (χ0n) is 20.1. The number of carbonyl (C=O) groups is 3. The number of carbonyl (C=O) groups excluding carboxylic acids is 3. The van der Waals surface area contributed by atoms with Gasteiger partial charge in [-0.2, -0.15) is 0 Å². The fraction of sp³-hybridized carbons (Fsp3) is 0.400. The van der Waals surface area contributed by atoms with E-state index in [0.29, 0.717) is 18.5 Å². The van der Waals surface area contributed by atoms with E-state index in [1.807, 2.05) is 62.4 Å². The molecule has 3 rings (SSSR count). The van der Waals surface area contributed by atoms with Gasteiger partial charge in [-0.1, -0.05) is 36.4 Å². The normalized spacial score (nSPS) is 19.4. The number of rotatable bonds is 9. The lowest BCUT2D eigenvalue weighted by molar-refractivity contribution is -0.127. The lowest BCUT2D eigenvalue weighted by atomic mass is 10.0. The van der Waals surface area contributed by atoms with Crippen molar-refractivity contribution >= 4 is 23.4 Å². The summed E-state index contributed by atoms with van der Waals surface area (Å²) in [5, 5.41) is 9.62. The van der Waals surface area contributed by atoms with E-state index >= 15 is 0 Å². The van der Waals surface area contributed by atoms with Crippen molar-refractivity contribution < 1.29 is 15.8 Å². The molecule has 6 N–H and O–H groups in total. The molecule has 0 unspecified atom stereocenters. The van der Waals surface area contributed by atoms with Crippen LogP contribution in [0.15, 0.2) is 48.5 Å². The van der Waals surface area contributed by atoms with Gasteiger partial charge in [0.25, 0.3) is 0 Å². The van der Waals surface area contributed by atoms with Crippen LogP contribution in [0.3, 0.4) is 0 Å². The molecule has 0 spiro atoms. The first-order chi connectivity index (χ1) is 16.3. The van der Waals surface area contributed by atoms with E-state index in [2.05, 4.69) is 16.0 Å². The molecule has 8 heteroatoms. The fourth-order valence-corrected chi connectivity index (χ4v) is 3.80. The molecule has 0 bridgehead atoms. The molecular weight excluding hydrogens is 418 g/mol. The van der Waals surface area contributed by atoms with E-state index in [1.165, 1.54) is 0 Å². The second-order valence-electron chi connectivity index (χ2n) is 8.46. The number of hydrogen-bond acceptors (Lipinski definition) is 5. The Morgan fingerprint density at radius 1 is 1.15 bits per heavy atom. The summed E-state index contributed by atoms with van der Waals surface area (Å²) in [5.74, 6) is -1.05. The van der Waals surface area contributed by atoms with Gasteiger partial charge in [-0.15, -0.1) is 0 Å². The fourth-order valence-electron chi connectivity index (χ4n) is 3.80. The largest absolute Gasteiger partial charge is 0.351 e. The molecule has 1 heterocycles. The Bertz CT molecular complexity index is 1020. The van der Waals surface area contributed by atoms with Gasteiger partial charge in [-0.3, -0.25) is 14.4 Å².